The highest BCUT2D eigenvalue weighted by molar-refractivity contribution is 5.89. The standard InChI is InChI=1S/C17H20N2O3/c1-21-15-8-6-13(7-9-15)10-11-18-17(20)19-14-4-3-5-16(12-14)22-2/h3-9,12H,10-11H2,1-2H3,(H2,18,19,20). The summed E-state index contributed by atoms with van der Waals surface area (Å²) < 4.78 is 10.2. The van der Waals surface area contributed by atoms with Crippen LogP contribution >= 0.6 is 0 Å². The van der Waals surface area contributed by atoms with Crippen LogP contribution in [0.5, 0.6) is 11.5 Å². The molecule has 0 radical (unpaired) electrons. The van der Waals surface area contributed by atoms with Gasteiger partial charge in [0.15, 0.2) is 0 Å². The molecule has 0 saturated heterocycles. The lowest BCUT2D eigenvalue weighted by molar-refractivity contribution is 0.252. The normalized spacial score (nSPS) is 9.91. The molecule has 0 atom stereocenters. The number of nitrogens with one attached hydrogen (secondary N) is 2. The van der Waals surface area contributed by atoms with Gasteiger partial charge >= 0.3 is 6.03 Å². The van der Waals surface area contributed by atoms with Crippen molar-refractivity contribution in [3.8, 4) is 11.5 Å². The van der Waals surface area contributed by atoms with E-state index in [-0.39, 0.29) is 6.03 Å². The first kappa shape index (κ1) is 15.7. The number of methoxy groups -OCH3 is 2. The second-order valence-corrected chi connectivity index (χ2v) is 4.71. The zero-order chi connectivity index (χ0) is 15.8. The third-order valence-corrected chi connectivity index (χ3v) is 3.19. The fraction of sp³-hybridized carbons (Fsp3) is 0.235. The molecule has 0 fully saturated rings. The Morgan fingerprint density at radius 2 is 1.73 bits per heavy atom. The SMILES string of the molecule is COc1ccc(CCNC(=O)Nc2cccc(OC)c2)cc1. The number of carbonyl (C=O) groups is 1. The highest BCUT2D eigenvalue weighted by Gasteiger charge is 2.02. The average Bonchev–Trinajstić information content (AvgIpc) is 2.55. The van der Waals surface area contributed by atoms with Crippen LogP contribution in [0.1, 0.15) is 5.56 Å². The second-order valence-electron chi connectivity index (χ2n) is 4.71. The monoisotopic (exact) mass is 300 g/mol. The van der Waals surface area contributed by atoms with E-state index in [1.165, 1.54) is 0 Å². The minimum absolute atomic E-state index is 0.234. The molecule has 22 heavy (non-hydrogen) atoms. The number of amides is 2. The molecule has 0 aromatic heterocycles. The van der Waals surface area contributed by atoms with E-state index in [0.717, 1.165) is 17.7 Å². The van der Waals surface area contributed by atoms with Crippen molar-refractivity contribution >= 4 is 11.7 Å². The van der Waals surface area contributed by atoms with Gasteiger partial charge in [-0.25, -0.2) is 4.79 Å². The van der Waals surface area contributed by atoms with Gasteiger partial charge in [0, 0.05) is 18.3 Å². The van der Waals surface area contributed by atoms with Crippen LogP contribution in [-0.2, 0) is 6.42 Å². The topological polar surface area (TPSA) is 59.6 Å². The van der Waals surface area contributed by atoms with Gasteiger partial charge in [0.05, 0.1) is 14.2 Å². The van der Waals surface area contributed by atoms with Gasteiger partial charge in [0.1, 0.15) is 11.5 Å². The van der Waals surface area contributed by atoms with E-state index >= 15 is 0 Å². The van der Waals surface area contributed by atoms with Crippen LogP contribution in [0, 0.1) is 0 Å². The first-order chi connectivity index (χ1) is 10.7. The maximum Gasteiger partial charge on any atom is 0.319 e. The van der Waals surface area contributed by atoms with Gasteiger partial charge in [-0.2, -0.15) is 0 Å². The quantitative estimate of drug-likeness (QED) is 0.862. The minimum Gasteiger partial charge on any atom is -0.497 e. The zero-order valence-corrected chi connectivity index (χ0v) is 12.8. The lowest BCUT2D eigenvalue weighted by Crippen LogP contribution is -2.30. The smallest absolute Gasteiger partial charge is 0.319 e. The van der Waals surface area contributed by atoms with E-state index in [9.17, 15) is 4.79 Å². The first-order valence-electron chi connectivity index (χ1n) is 7.03. The van der Waals surface area contributed by atoms with Crippen LogP contribution in [0.3, 0.4) is 0 Å². The molecule has 0 aliphatic rings. The second kappa shape index (κ2) is 7.93. The zero-order valence-electron chi connectivity index (χ0n) is 12.8. The van der Waals surface area contributed by atoms with Crippen molar-refractivity contribution < 1.29 is 14.3 Å². The average molecular weight is 300 g/mol. The van der Waals surface area contributed by atoms with E-state index in [1.54, 1.807) is 20.3 Å². The van der Waals surface area contributed by atoms with Crippen molar-refractivity contribution in [1.82, 2.24) is 5.32 Å². The molecule has 2 rings (SSSR count). The number of hydrogen-bond donors (Lipinski definition) is 2. The van der Waals surface area contributed by atoms with Crippen LogP contribution in [-0.4, -0.2) is 26.8 Å². The van der Waals surface area contributed by atoms with Gasteiger partial charge in [-0.3, -0.25) is 0 Å². The molecular weight excluding hydrogens is 280 g/mol. The van der Waals surface area contributed by atoms with Gasteiger partial charge in [-0.05, 0) is 36.2 Å². The Labute approximate surface area is 130 Å². The van der Waals surface area contributed by atoms with Crippen molar-refractivity contribution in [2.45, 2.75) is 6.42 Å². The third kappa shape index (κ3) is 4.70. The predicted molar refractivity (Wildman–Crippen MR) is 86.7 cm³/mol. The van der Waals surface area contributed by atoms with Gasteiger partial charge in [-0.1, -0.05) is 18.2 Å². The molecule has 0 unspecified atom stereocenters. The molecule has 0 bridgehead atoms. The van der Waals surface area contributed by atoms with E-state index < -0.39 is 0 Å². The van der Waals surface area contributed by atoms with Gasteiger partial charge in [0.2, 0.25) is 0 Å². The molecule has 0 spiro atoms. The van der Waals surface area contributed by atoms with E-state index in [2.05, 4.69) is 10.6 Å². The summed E-state index contributed by atoms with van der Waals surface area (Å²) in [5, 5.41) is 5.59. The summed E-state index contributed by atoms with van der Waals surface area (Å²) >= 11 is 0. The number of hydrogen-bond acceptors (Lipinski definition) is 3. The van der Waals surface area contributed by atoms with Crippen LogP contribution in [0.15, 0.2) is 48.5 Å². The highest BCUT2D eigenvalue weighted by Crippen LogP contribution is 2.16. The Kier molecular flexibility index (Phi) is 5.65. The summed E-state index contributed by atoms with van der Waals surface area (Å²) in [6, 6.07) is 14.8. The summed E-state index contributed by atoms with van der Waals surface area (Å²) in [5.74, 6) is 1.53. The number of carbonyl (C=O) groups excluding carboxylic acids is 1. The molecule has 2 amide bonds. The number of urea groups is 1. The Bertz CT molecular complexity index is 612. The molecule has 0 saturated carbocycles. The van der Waals surface area contributed by atoms with E-state index in [4.69, 9.17) is 9.47 Å². The molecular formula is C17H20N2O3. The van der Waals surface area contributed by atoms with Gasteiger partial charge in [-0.15, -0.1) is 0 Å². The Morgan fingerprint density at radius 1 is 1.00 bits per heavy atom. The van der Waals surface area contributed by atoms with E-state index in [1.807, 2.05) is 42.5 Å². The molecule has 0 aliphatic heterocycles. The molecule has 2 N–H and O–H groups in total. The summed E-state index contributed by atoms with van der Waals surface area (Å²) in [4.78, 5) is 11.8. The van der Waals surface area contributed by atoms with Crippen molar-refractivity contribution in [1.29, 1.82) is 0 Å². The maximum atomic E-state index is 11.8. The van der Waals surface area contributed by atoms with Crippen LogP contribution in [0.4, 0.5) is 10.5 Å². The Balaban J connectivity index is 1.77. The Morgan fingerprint density at radius 3 is 2.41 bits per heavy atom. The maximum absolute atomic E-state index is 11.8. The van der Waals surface area contributed by atoms with Gasteiger partial charge in [0.25, 0.3) is 0 Å². The molecule has 5 nitrogen and oxygen atoms in total. The van der Waals surface area contributed by atoms with Crippen molar-refractivity contribution in [2.75, 3.05) is 26.1 Å². The predicted octanol–water partition coefficient (Wildman–Crippen LogP) is 3.07. The minimum atomic E-state index is -0.234. The summed E-state index contributed by atoms with van der Waals surface area (Å²) in [5.41, 5.74) is 1.84. The Hall–Kier alpha value is -2.69. The highest BCUT2D eigenvalue weighted by atomic mass is 16.5. The lowest BCUT2D eigenvalue weighted by atomic mass is 10.1. The number of benzene rings is 2. The molecule has 5 heteroatoms. The number of ether oxygens (including phenoxy) is 2. The third-order valence-electron chi connectivity index (χ3n) is 3.19. The van der Waals surface area contributed by atoms with Crippen LogP contribution in [0.25, 0.3) is 0 Å². The van der Waals surface area contributed by atoms with Crippen molar-refractivity contribution in [3.05, 3.63) is 54.1 Å². The fourth-order valence-corrected chi connectivity index (χ4v) is 1.99. The molecule has 2 aromatic rings. The summed E-state index contributed by atoms with van der Waals surface area (Å²) in [7, 11) is 3.23. The van der Waals surface area contributed by atoms with E-state index in [0.29, 0.717) is 18.0 Å². The molecule has 116 valence electrons. The number of rotatable bonds is 6. The molecule has 2 aromatic carbocycles. The molecule has 0 heterocycles. The van der Waals surface area contributed by atoms with Crippen LogP contribution < -0.4 is 20.1 Å². The van der Waals surface area contributed by atoms with Gasteiger partial charge < -0.3 is 20.1 Å². The fourth-order valence-electron chi connectivity index (χ4n) is 1.99. The van der Waals surface area contributed by atoms with Crippen molar-refractivity contribution in [2.24, 2.45) is 0 Å². The largest absolute Gasteiger partial charge is 0.497 e. The summed E-state index contributed by atoms with van der Waals surface area (Å²) in [6.45, 7) is 0.558. The molecule has 0 aliphatic carbocycles. The van der Waals surface area contributed by atoms with Crippen molar-refractivity contribution in [3.63, 3.8) is 0 Å². The van der Waals surface area contributed by atoms with Crippen LogP contribution in [0.2, 0.25) is 0 Å². The lowest BCUT2D eigenvalue weighted by Gasteiger charge is -2.09. The first-order valence-corrected chi connectivity index (χ1v) is 7.03. The number of anilines is 1. The summed E-state index contributed by atoms with van der Waals surface area (Å²) in [6.07, 6.45) is 0.759.